The van der Waals surface area contributed by atoms with Crippen LogP contribution in [0, 0.1) is 5.92 Å². The second-order valence-corrected chi connectivity index (χ2v) is 5.18. The number of ether oxygens (including phenoxy) is 2. The first-order chi connectivity index (χ1) is 9.28. The Kier molecular flexibility index (Phi) is 5.08. The van der Waals surface area contributed by atoms with Gasteiger partial charge in [-0.15, -0.1) is 0 Å². The zero-order valence-electron chi connectivity index (χ0n) is 12.2. The molecule has 2 rings (SSSR count). The molecule has 1 aliphatic rings. The molecule has 3 nitrogen and oxygen atoms in total. The van der Waals surface area contributed by atoms with Crippen molar-refractivity contribution in [2.45, 2.75) is 39.2 Å². The van der Waals surface area contributed by atoms with Crippen molar-refractivity contribution in [2.24, 2.45) is 5.92 Å². The van der Waals surface area contributed by atoms with Gasteiger partial charge in [0.25, 0.3) is 0 Å². The van der Waals surface area contributed by atoms with Crippen molar-refractivity contribution < 1.29 is 9.47 Å². The number of rotatable bonds is 6. The third kappa shape index (κ3) is 3.41. The van der Waals surface area contributed by atoms with Crippen molar-refractivity contribution in [3.8, 4) is 11.5 Å². The Hall–Kier alpha value is -1.22. The van der Waals surface area contributed by atoms with Crippen molar-refractivity contribution in [1.29, 1.82) is 0 Å². The van der Waals surface area contributed by atoms with Crippen LogP contribution in [-0.2, 0) is 0 Å². The van der Waals surface area contributed by atoms with E-state index >= 15 is 0 Å². The molecule has 0 radical (unpaired) electrons. The third-order valence-electron chi connectivity index (χ3n) is 4.06. The Morgan fingerprint density at radius 1 is 1.37 bits per heavy atom. The van der Waals surface area contributed by atoms with Gasteiger partial charge < -0.3 is 14.8 Å². The highest BCUT2D eigenvalue weighted by molar-refractivity contribution is 5.43. The van der Waals surface area contributed by atoms with E-state index in [4.69, 9.17) is 9.47 Å². The molecule has 1 aromatic carbocycles. The van der Waals surface area contributed by atoms with Crippen LogP contribution in [0.5, 0.6) is 11.5 Å². The molecule has 1 atom stereocenters. The fourth-order valence-electron chi connectivity index (χ4n) is 2.60. The summed E-state index contributed by atoms with van der Waals surface area (Å²) in [6.45, 7) is 6.39. The summed E-state index contributed by atoms with van der Waals surface area (Å²) < 4.78 is 11.0. The van der Waals surface area contributed by atoms with Crippen molar-refractivity contribution in [3.63, 3.8) is 0 Å². The van der Waals surface area contributed by atoms with Gasteiger partial charge in [0.05, 0.1) is 13.7 Å². The zero-order valence-corrected chi connectivity index (χ0v) is 12.2. The predicted molar refractivity (Wildman–Crippen MR) is 77.9 cm³/mol. The second-order valence-electron chi connectivity index (χ2n) is 5.18. The first kappa shape index (κ1) is 14.2. The van der Waals surface area contributed by atoms with E-state index in [0.717, 1.165) is 37.0 Å². The molecule has 0 saturated heterocycles. The number of hydrogen-bond acceptors (Lipinski definition) is 3. The highest BCUT2D eigenvalue weighted by Crippen LogP contribution is 2.34. The lowest BCUT2D eigenvalue weighted by Gasteiger charge is -2.28. The summed E-state index contributed by atoms with van der Waals surface area (Å²) in [7, 11) is 1.71. The molecular formula is C16H25NO2. The van der Waals surface area contributed by atoms with E-state index in [2.05, 4.69) is 25.2 Å². The quantitative estimate of drug-likeness (QED) is 0.851. The normalized spacial score (nSPS) is 18.0. The van der Waals surface area contributed by atoms with E-state index in [1.807, 2.05) is 12.1 Å². The molecule has 1 N–H and O–H groups in total. The summed E-state index contributed by atoms with van der Waals surface area (Å²) in [5, 5.41) is 3.70. The summed E-state index contributed by atoms with van der Waals surface area (Å²) in [5.74, 6) is 2.66. The summed E-state index contributed by atoms with van der Waals surface area (Å²) >= 11 is 0. The van der Waals surface area contributed by atoms with Crippen LogP contribution in [-0.4, -0.2) is 20.3 Å². The van der Waals surface area contributed by atoms with Crippen LogP contribution in [0.1, 0.15) is 44.7 Å². The van der Waals surface area contributed by atoms with Crippen LogP contribution >= 0.6 is 0 Å². The monoisotopic (exact) mass is 263 g/mol. The Morgan fingerprint density at radius 2 is 2.16 bits per heavy atom. The average Bonchev–Trinajstić information content (AvgIpc) is 2.47. The SMILES string of the molecule is CCC(CC)CNC1CCOc2ccc(OC)cc21. The summed E-state index contributed by atoms with van der Waals surface area (Å²) in [6.07, 6.45) is 3.50. The van der Waals surface area contributed by atoms with Crippen LogP contribution < -0.4 is 14.8 Å². The molecule has 3 heteroatoms. The van der Waals surface area contributed by atoms with Gasteiger partial charge in [-0.3, -0.25) is 0 Å². The summed E-state index contributed by atoms with van der Waals surface area (Å²) in [4.78, 5) is 0. The van der Waals surface area contributed by atoms with Crippen molar-refractivity contribution >= 4 is 0 Å². The number of hydrogen-bond donors (Lipinski definition) is 1. The van der Waals surface area contributed by atoms with E-state index in [1.54, 1.807) is 7.11 Å². The molecular weight excluding hydrogens is 238 g/mol. The molecule has 19 heavy (non-hydrogen) atoms. The maximum absolute atomic E-state index is 5.72. The highest BCUT2D eigenvalue weighted by Gasteiger charge is 2.22. The van der Waals surface area contributed by atoms with E-state index in [0.29, 0.717) is 6.04 Å². The number of benzene rings is 1. The van der Waals surface area contributed by atoms with Crippen molar-refractivity contribution in [1.82, 2.24) is 5.32 Å². The Morgan fingerprint density at radius 3 is 2.84 bits per heavy atom. The third-order valence-corrected chi connectivity index (χ3v) is 4.06. The molecule has 0 aromatic heterocycles. The van der Waals surface area contributed by atoms with Gasteiger partial charge in [0.2, 0.25) is 0 Å². The molecule has 0 aliphatic carbocycles. The van der Waals surface area contributed by atoms with E-state index in [-0.39, 0.29) is 0 Å². The molecule has 1 unspecified atom stereocenters. The van der Waals surface area contributed by atoms with Gasteiger partial charge in [-0.2, -0.15) is 0 Å². The maximum Gasteiger partial charge on any atom is 0.124 e. The van der Waals surface area contributed by atoms with Crippen LogP contribution in [0.25, 0.3) is 0 Å². The van der Waals surface area contributed by atoms with Crippen LogP contribution in [0.15, 0.2) is 18.2 Å². The minimum absolute atomic E-state index is 0.388. The Labute approximate surface area is 116 Å². The van der Waals surface area contributed by atoms with Gasteiger partial charge in [-0.25, -0.2) is 0 Å². The maximum atomic E-state index is 5.72. The summed E-state index contributed by atoms with van der Waals surface area (Å²) in [6, 6.07) is 6.46. The van der Waals surface area contributed by atoms with E-state index in [1.165, 1.54) is 18.4 Å². The van der Waals surface area contributed by atoms with Gasteiger partial charge in [-0.1, -0.05) is 26.7 Å². The lowest BCUT2D eigenvalue weighted by Crippen LogP contribution is -2.30. The van der Waals surface area contributed by atoms with Crippen molar-refractivity contribution in [2.75, 3.05) is 20.3 Å². The first-order valence-electron chi connectivity index (χ1n) is 7.32. The largest absolute Gasteiger partial charge is 0.497 e. The molecule has 0 bridgehead atoms. The zero-order chi connectivity index (χ0) is 13.7. The fourth-order valence-corrected chi connectivity index (χ4v) is 2.60. The topological polar surface area (TPSA) is 30.5 Å². The average molecular weight is 263 g/mol. The number of methoxy groups -OCH3 is 1. The summed E-state index contributed by atoms with van der Waals surface area (Å²) in [5.41, 5.74) is 1.23. The molecule has 0 spiro atoms. The first-order valence-corrected chi connectivity index (χ1v) is 7.32. The smallest absolute Gasteiger partial charge is 0.124 e. The molecule has 1 heterocycles. The van der Waals surface area contributed by atoms with Gasteiger partial charge in [-0.05, 0) is 30.7 Å². The van der Waals surface area contributed by atoms with Gasteiger partial charge in [0.15, 0.2) is 0 Å². The minimum Gasteiger partial charge on any atom is -0.497 e. The number of fused-ring (bicyclic) bond motifs is 1. The van der Waals surface area contributed by atoms with Crippen LogP contribution in [0.4, 0.5) is 0 Å². The fraction of sp³-hybridized carbons (Fsp3) is 0.625. The Balaban J connectivity index is 2.08. The van der Waals surface area contributed by atoms with E-state index in [9.17, 15) is 0 Å². The van der Waals surface area contributed by atoms with Gasteiger partial charge in [0.1, 0.15) is 11.5 Å². The van der Waals surface area contributed by atoms with Crippen molar-refractivity contribution in [3.05, 3.63) is 23.8 Å². The van der Waals surface area contributed by atoms with Crippen LogP contribution in [0.2, 0.25) is 0 Å². The molecule has 1 aromatic rings. The standard InChI is InChI=1S/C16H25NO2/c1-4-12(5-2)11-17-15-8-9-19-16-7-6-13(18-3)10-14(15)16/h6-7,10,12,15,17H,4-5,8-9,11H2,1-3H3. The second kappa shape index (κ2) is 6.80. The minimum atomic E-state index is 0.388. The molecule has 1 aliphatic heterocycles. The predicted octanol–water partition coefficient (Wildman–Crippen LogP) is 3.54. The number of nitrogens with one attached hydrogen (secondary N) is 1. The molecule has 0 fully saturated rings. The molecule has 0 saturated carbocycles. The lowest BCUT2D eigenvalue weighted by molar-refractivity contribution is 0.246. The van der Waals surface area contributed by atoms with E-state index < -0.39 is 0 Å². The lowest BCUT2D eigenvalue weighted by atomic mass is 9.98. The Bertz CT molecular complexity index is 402. The highest BCUT2D eigenvalue weighted by atomic mass is 16.5. The molecule has 106 valence electrons. The molecule has 0 amide bonds. The van der Waals surface area contributed by atoms with Gasteiger partial charge >= 0.3 is 0 Å². The van der Waals surface area contributed by atoms with Crippen LogP contribution in [0.3, 0.4) is 0 Å². The van der Waals surface area contributed by atoms with Gasteiger partial charge in [0, 0.05) is 18.0 Å².